The molecule has 1 atom stereocenters. The Kier molecular flexibility index (Phi) is 4.15. The van der Waals surface area contributed by atoms with Crippen molar-refractivity contribution in [1.29, 1.82) is 0 Å². The molecule has 17 heavy (non-hydrogen) atoms. The molecule has 94 valence electrons. The fraction of sp³-hybridized carbons (Fsp3) is 0.583. The maximum absolute atomic E-state index is 11.3. The van der Waals surface area contributed by atoms with Gasteiger partial charge in [0.1, 0.15) is 4.88 Å². The molecule has 0 aliphatic carbocycles. The van der Waals surface area contributed by atoms with Gasteiger partial charge in [-0.15, -0.1) is 11.3 Å². The number of aliphatic hydroxyl groups excluding tert-OH is 1. The number of rotatable bonds is 4. The molecule has 1 unspecified atom stereocenters. The van der Waals surface area contributed by atoms with Gasteiger partial charge in [0.2, 0.25) is 0 Å². The average molecular weight is 255 g/mol. The Morgan fingerprint density at radius 1 is 1.65 bits per heavy atom. The zero-order valence-corrected chi connectivity index (χ0v) is 10.7. The van der Waals surface area contributed by atoms with Crippen LogP contribution in [0, 0.1) is 5.92 Å². The molecule has 0 radical (unpaired) electrons. The first kappa shape index (κ1) is 12.5. The number of esters is 1. The Labute approximate surface area is 105 Å². The molecule has 0 saturated carbocycles. The van der Waals surface area contributed by atoms with E-state index >= 15 is 0 Å². The predicted molar refractivity (Wildman–Crippen MR) is 66.1 cm³/mol. The van der Waals surface area contributed by atoms with Crippen molar-refractivity contribution in [3.05, 3.63) is 21.9 Å². The molecule has 0 spiro atoms. The number of aliphatic hydroxyl groups is 1. The van der Waals surface area contributed by atoms with Gasteiger partial charge in [-0.1, -0.05) is 0 Å². The first-order valence-corrected chi connectivity index (χ1v) is 6.55. The van der Waals surface area contributed by atoms with Crippen LogP contribution in [-0.2, 0) is 11.3 Å². The number of nitrogens with zero attached hydrogens (tertiary/aromatic N) is 1. The van der Waals surface area contributed by atoms with Gasteiger partial charge in [-0.05, 0) is 31.0 Å². The molecule has 0 bridgehead atoms. The summed E-state index contributed by atoms with van der Waals surface area (Å²) < 4.78 is 4.68. The Morgan fingerprint density at radius 2 is 2.47 bits per heavy atom. The molecular weight excluding hydrogens is 238 g/mol. The second-order valence-corrected chi connectivity index (χ2v) is 5.50. The summed E-state index contributed by atoms with van der Waals surface area (Å²) in [7, 11) is 1.40. The van der Waals surface area contributed by atoms with E-state index in [2.05, 4.69) is 9.64 Å². The van der Waals surface area contributed by atoms with Crippen LogP contribution in [0.15, 0.2) is 12.1 Å². The molecule has 5 heteroatoms. The van der Waals surface area contributed by atoms with Crippen LogP contribution in [0.5, 0.6) is 0 Å². The van der Waals surface area contributed by atoms with Crippen LogP contribution < -0.4 is 0 Å². The molecule has 1 aliphatic rings. The van der Waals surface area contributed by atoms with E-state index in [0.717, 1.165) is 26.1 Å². The number of likely N-dealkylation sites (tertiary alicyclic amines) is 1. The van der Waals surface area contributed by atoms with Gasteiger partial charge in [-0.2, -0.15) is 0 Å². The van der Waals surface area contributed by atoms with Gasteiger partial charge in [0, 0.05) is 24.6 Å². The summed E-state index contributed by atoms with van der Waals surface area (Å²) in [6, 6.07) is 3.79. The molecule has 1 aromatic rings. The van der Waals surface area contributed by atoms with Crippen LogP contribution in [-0.4, -0.2) is 42.8 Å². The van der Waals surface area contributed by atoms with Crippen LogP contribution in [0.2, 0.25) is 0 Å². The van der Waals surface area contributed by atoms with Gasteiger partial charge in [-0.25, -0.2) is 4.79 Å². The van der Waals surface area contributed by atoms with Gasteiger partial charge in [0.15, 0.2) is 0 Å². The van der Waals surface area contributed by atoms with E-state index in [1.165, 1.54) is 23.3 Å². The maximum Gasteiger partial charge on any atom is 0.348 e. The lowest BCUT2D eigenvalue weighted by molar-refractivity contribution is 0.0606. The third kappa shape index (κ3) is 3.06. The lowest BCUT2D eigenvalue weighted by atomic mass is 10.1. The van der Waals surface area contributed by atoms with E-state index in [9.17, 15) is 4.79 Å². The highest BCUT2D eigenvalue weighted by Crippen LogP contribution is 2.23. The molecule has 1 fully saturated rings. The van der Waals surface area contributed by atoms with E-state index in [0.29, 0.717) is 10.8 Å². The van der Waals surface area contributed by atoms with Gasteiger partial charge < -0.3 is 9.84 Å². The van der Waals surface area contributed by atoms with E-state index < -0.39 is 0 Å². The summed E-state index contributed by atoms with van der Waals surface area (Å²) in [4.78, 5) is 15.4. The smallest absolute Gasteiger partial charge is 0.348 e. The van der Waals surface area contributed by atoms with Crippen molar-refractivity contribution in [2.24, 2.45) is 5.92 Å². The third-order valence-electron chi connectivity index (χ3n) is 3.06. The Balaban J connectivity index is 1.91. The summed E-state index contributed by atoms with van der Waals surface area (Å²) >= 11 is 1.48. The fourth-order valence-electron chi connectivity index (χ4n) is 2.10. The molecule has 4 nitrogen and oxygen atoms in total. The molecule has 1 aromatic heterocycles. The zero-order chi connectivity index (χ0) is 12.3. The topological polar surface area (TPSA) is 49.8 Å². The largest absolute Gasteiger partial charge is 0.465 e. The van der Waals surface area contributed by atoms with Crippen LogP contribution in [0.1, 0.15) is 21.0 Å². The van der Waals surface area contributed by atoms with Gasteiger partial charge in [0.25, 0.3) is 0 Å². The van der Waals surface area contributed by atoms with E-state index in [1.54, 1.807) is 0 Å². The fourth-order valence-corrected chi connectivity index (χ4v) is 3.07. The van der Waals surface area contributed by atoms with Crippen LogP contribution in [0.25, 0.3) is 0 Å². The van der Waals surface area contributed by atoms with Crippen molar-refractivity contribution < 1.29 is 14.6 Å². The lowest BCUT2D eigenvalue weighted by Gasteiger charge is -2.13. The molecule has 1 saturated heterocycles. The van der Waals surface area contributed by atoms with Crippen molar-refractivity contribution in [3.8, 4) is 0 Å². The monoisotopic (exact) mass is 255 g/mol. The number of carbonyl (C=O) groups excluding carboxylic acids is 1. The molecule has 0 aromatic carbocycles. The van der Waals surface area contributed by atoms with Gasteiger partial charge in [-0.3, -0.25) is 4.90 Å². The number of thiophene rings is 1. The van der Waals surface area contributed by atoms with E-state index in [4.69, 9.17) is 5.11 Å². The Hall–Kier alpha value is -0.910. The average Bonchev–Trinajstić information content (AvgIpc) is 2.97. The van der Waals surface area contributed by atoms with Crippen LogP contribution >= 0.6 is 11.3 Å². The normalized spacial score (nSPS) is 20.7. The number of carbonyl (C=O) groups is 1. The van der Waals surface area contributed by atoms with Crippen LogP contribution in [0.3, 0.4) is 0 Å². The number of hydrogen-bond acceptors (Lipinski definition) is 5. The SMILES string of the molecule is COC(=O)c1ccc(CN2CCC(CO)C2)s1. The van der Waals surface area contributed by atoms with Crippen molar-refractivity contribution in [3.63, 3.8) is 0 Å². The first-order chi connectivity index (χ1) is 8.22. The summed E-state index contributed by atoms with van der Waals surface area (Å²) in [6.45, 7) is 3.10. The summed E-state index contributed by atoms with van der Waals surface area (Å²) in [5.74, 6) is 0.144. The minimum Gasteiger partial charge on any atom is -0.465 e. The standard InChI is InChI=1S/C12H17NO3S/c1-16-12(15)11-3-2-10(17-11)7-13-5-4-9(6-13)8-14/h2-3,9,14H,4-8H2,1H3. The van der Waals surface area contributed by atoms with Gasteiger partial charge >= 0.3 is 5.97 Å². The molecule has 1 N–H and O–H groups in total. The highest BCUT2D eigenvalue weighted by Gasteiger charge is 2.22. The number of methoxy groups -OCH3 is 1. The Morgan fingerprint density at radius 3 is 3.12 bits per heavy atom. The molecular formula is C12H17NO3S. The maximum atomic E-state index is 11.3. The Bertz CT molecular complexity index is 391. The number of hydrogen-bond donors (Lipinski definition) is 1. The van der Waals surface area contributed by atoms with Crippen LogP contribution in [0.4, 0.5) is 0 Å². The van der Waals surface area contributed by atoms with Crippen molar-refractivity contribution >= 4 is 17.3 Å². The second kappa shape index (κ2) is 5.62. The van der Waals surface area contributed by atoms with Crippen molar-refractivity contribution in [2.45, 2.75) is 13.0 Å². The van der Waals surface area contributed by atoms with Gasteiger partial charge in [0.05, 0.1) is 7.11 Å². The molecule has 1 aliphatic heterocycles. The molecule has 2 rings (SSSR count). The molecule has 2 heterocycles. The van der Waals surface area contributed by atoms with E-state index in [1.807, 2.05) is 12.1 Å². The molecule has 0 amide bonds. The van der Waals surface area contributed by atoms with E-state index in [-0.39, 0.29) is 12.6 Å². The van der Waals surface area contributed by atoms with Crippen molar-refractivity contribution in [1.82, 2.24) is 4.90 Å². The first-order valence-electron chi connectivity index (χ1n) is 5.73. The van der Waals surface area contributed by atoms with Crippen molar-refractivity contribution in [2.75, 3.05) is 26.8 Å². The summed E-state index contributed by atoms with van der Waals surface area (Å²) in [5.41, 5.74) is 0. The minimum atomic E-state index is -0.268. The quantitative estimate of drug-likeness (QED) is 0.825. The minimum absolute atomic E-state index is 0.268. The highest BCUT2D eigenvalue weighted by atomic mass is 32.1. The summed E-state index contributed by atoms with van der Waals surface area (Å²) in [5, 5.41) is 9.07. The third-order valence-corrected chi connectivity index (χ3v) is 4.11. The predicted octanol–water partition coefficient (Wildman–Crippen LogP) is 1.35. The lowest BCUT2D eigenvalue weighted by Crippen LogP contribution is -2.20. The number of ether oxygens (including phenoxy) is 1. The highest BCUT2D eigenvalue weighted by molar-refractivity contribution is 7.13. The second-order valence-electron chi connectivity index (χ2n) is 4.33. The summed E-state index contributed by atoms with van der Waals surface area (Å²) in [6.07, 6.45) is 1.06. The zero-order valence-electron chi connectivity index (χ0n) is 9.89.